The summed E-state index contributed by atoms with van der Waals surface area (Å²) in [6.07, 6.45) is 3.18. The van der Waals surface area contributed by atoms with E-state index in [1.165, 1.54) is 6.07 Å². The Bertz CT molecular complexity index is 1070. The van der Waals surface area contributed by atoms with E-state index in [1.54, 1.807) is 29.6 Å². The normalized spacial score (nSPS) is 16.2. The maximum atomic E-state index is 13.5. The Labute approximate surface area is 167 Å². The SMILES string of the molecule is Cc1nonc1C1CCCN1C(=O)c1c(OCc2ccccc2)c(=O)ccn1C. The summed E-state index contributed by atoms with van der Waals surface area (Å²) < 4.78 is 12.3. The molecule has 3 aromatic rings. The van der Waals surface area contributed by atoms with Gasteiger partial charge in [-0.3, -0.25) is 9.59 Å². The van der Waals surface area contributed by atoms with Crippen molar-refractivity contribution in [3.8, 4) is 5.75 Å². The van der Waals surface area contributed by atoms with Crippen LogP contribution in [0, 0.1) is 6.92 Å². The molecule has 1 saturated heterocycles. The first-order valence-corrected chi connectivity index (χ1v) is 9.52. The molecule has 0 saturated carbocycles. The Balaban J connectivity index is 1.66. The molecule has 4 rings (SSSR count). The summed E-state index contributed by atoms with van der Waals surface area (Å²) in [5.74, 6) is -0.206. The Hall–Kier alpha value is -3.42. The molecule has 0 radical (unpaired) electrons. The molecule has 1 unspecified atom stereocenters. The first kappa shape index (κ1) is 18.9. The van der Waals surface area contributed by atoms with Gasteiger partial charge in [-0.25, -0.2) is 4.63 Å². The Morgan fingerprint density at radius 3 is 2.76 bits per heavy atom. The first-order chi connectivity index (χ1) is 14.1. The lowest BCUT2D eigenvalue weighted by molar-refractivity contribution is 0.0713. The number of carbonyl (C=O) groups is 1. The van der Waals surface area contributed by atoms with Crippen molar-refractivity contribution in [2.45, 2.75) is 32.4 Å². The highest BCUT2D eigenvalue weighted by Crippen LogP contribution is 2.34. The fourth-order valence-corrected chi connectivity index (χ4v) is 3.69. The van der Waals surface area contributed by atoms with Gasteiger partial charge in [0.05, 0.1) is 6.04 Å². The zero-order valence-corrected chi connectivity index (χ0v) is 16.4. The highest BCUT2D eigenvalue weighted by Gasteiger charge is 2.36. The summed E-state index contributed by atoms with van der Waals surface area (Å²) in [4.78, 5) is 27.7. The lowest BCUT2D eigenvalue weighted by Gasteiger charge is -2.25. The molecular formula is C21H22N4O4. The molecular weight excluding hydrogens is 372 g/mol. The zero-order valence-electron chi connectivity index (χ0n) is 16.4. The number of aryl methyl sites for hydroxylation is 2. The number of pyridine rings is 1. The van der Waals surface area contributed by atoms with Crippen LogP contribution in [0.3, 0.4) is 0 Å². The largest absolute Gasteiger partial charge is 0.483 e. The molecule has 1 aromatic carbocycles. The van der Waals surface area contributed by atoms with E-state index in [-0.39, 0.29) is 35.4 Å². The third-order valence-corrected chi connectivity index (χ3v) is 5.19. The molecule has 1 aliphatic heterocycles. The van der Waals surface area contributed by atoms with E-state index >= 15 is 0 Å². The van der Waals surface area contributed by atoms with Crippen LogP contribution < -0.4 is 10.2 Å². The third-order valence-electron chi connectivity index (χ3n) is 5.19. The standard InChI is InChI=1S/C21H22N4O4/c1-14-18(23-29-22-14)16-9-6-11-25(16)21(27)19-20(17(26)10-12-24(19)2)28-13-15-7-4-3-5-8-15/h3-5,7-8,10,12,16H,6,9,11,13H2,1-2H3. The highest BCUT2D eigenvalue weighted by molar-refractivity contribution is 5.95. The van der Waals surface area contributed by atoms with Crippen LogP contribution in [0.15, 0.2) is 52.0 Å². The fraction of sp³-hybridized carbons (Fsp3) is 0.333. The molecule has 1 aliphatic rings. The summed E-state index contributed by atoms with van der Waals surface area (Å²) in [6.45, 7) is 2.58. The summed E-state index contributed by atoms with van der Waals surface area (Å²) in [5.41, 5.74) is 2.15. The number of rotatable bonds is 5. The van der Waals surface area contributed by atoms with Crippen molar-refractivity contribution in [1.29, 1.82) is 0 Å². The molecule has 2 aromatic heterocycles. The lowest BCUT2D eigenvalue weighted by atomic mass is 10.1. The van der Waals surface area contributed by atoms with Gasteiger partial charge in [-0.05, 0) is 25.3 Å². The average molecular weight is 394 g/mol. The highest BCUT2D eigenvalue weighted by atomic mass is 16.6. The molecule has 0 N–H and O–H groups in total. The summed E-state index contributed by atoms with van der Waals surface area (Å²) in [6, 6.07) is 10.7. The number of ether oxygens (including phenoxy) is 1. The predicted molar refractivity (Wildman–Crippen MR) is 105 cm³/mol. The molecule has 150 valence electrons. The average Bonchev–Trinajstić information content (AvgIpc) is 3.37. The summed E-state index contributed by atoms with van der Waals surface area (Å²) in [5, 5.41) is 7.82. The van der Waals surface area contributed by atoms with Crippen LogP contribution in [-0.4, -0.2) is 32.2 Å². The smallest absolute Gasteiger partial charge is 0.275 e. The molecule has 1 fully saturated rings. The van der Waals surface area contributed by atoms with Crippen molar-refractivity contribution in [2.75, 3.05) is 6.54 Å². The van der Waals surface area contributed by atoms with Crippen LogP contribution in [0.2, 0.25) is 0 Å². The number of hydrogen-bond acceptors (Lipinski definition) is 6. The van der Waals surface area contributed by atoms with Gasteiger partial charge >= 0.3 is 0 Å². The minimum atomic E-state index is -0.322. The maximum absolute atomic E-state index is 13.5. The molecule has 8 heteroatoms. The van der Waals surface area contributed by atoms with Gasteiger partial charge in [0.15, 0.2) is 11.4 Å². The minimum absolute atomic E-state index is 0.0597. The fourth-order valence-electron chi connectivity index (χ4n) is 3.69. The second-order valence-electron chi connectivity index (χ2n) is 7.13. The van der Waals surface area contributed by atoms with E-state index in [2.05, 4.69) is 10.3 Å². The number of hydrogen-bond donors (Lipinski definition) is 0. The minimum Gasteiger partial charge on any atom is -0.483 e. The van der Waals surface area contributed by atoms with E-state index in [1.807, 2.05) is 30.3 Å². The Kier molecular flexibility index (Phi) is 5.16. The molecule has 3 heterocycles. The van der Waals surface area contributed by atoms with Crippen LogP contribution in [0.5, 0.6) is 5.75 Å². The van der Waals surface area contributed by atoms with Crippen LogP contribution >= 0.6 is 0 Å². The van der Waals surface area contributed by atoms with Gasteiger partial charge in [-0.15, -0.1) is 0 Å². The van der Waals surface area contributed by atoms with Crippen molar-refractivity contribution < 1.29 is 14.2 Å². The van der Waals surface area contributed by atoms with E-state index in [9.17, 15) is 9.59 Å². The summed E-state index contributed by atoms with van der Waals surface area (Å²) in [7, 11) is 1.73. The van der Waals surface area contributed by atoms with Gasteiger partial charge in [0.1, 0.15) is 18.0 Å². The van der Waals surface area contributed by atoms with Crippen LogP contribution in [0.1, 0.15) is 46.3 Å². The molecule has 1 amide bonds. The monoisotopic (exact) mass is 394 g/mol. The first-order valence-electron chi connectivity index (χ1n) is 9.52. The van der Waals surface area contributed by atoms with Crippen molar-refractivity contribution in [1.82, 2.24) is 19.8 Å². The second-order valence-corrected chi connectivity index (χ2v) is 7.13. The van der Waals surface area contributed by atoms with Gasteiger partial charge < -0.3 is 14.2 Å². The van der Waals surface area contributed by atoms with Gasteiger partial charge in [0, 0.05) is 25.9 Å². The quantitative estimate of drug-likeness (QED) is 0.661. The summed E-state index contributed by atoms with van der Waals surface area (Å²) >= 11 is 0. The number of aromatic nitrogens is 3. The lowest BCUT2D eigenvalue weighted by Crippen LogP contribution is -2.34. The number of amides is 1. The topological polar surface area (TPSA) is 90.5 Å². The van der Waals surface area contributed by atoms with Crippen LogP contribution in [0.25, 0.3) is 0 Å². The second kappa shape index (κ2) is 7.90. The third kappa shape index (κ3) is 3.65. The van der Waals surface area contributed by atoms with E-state index in [0.717, 1.165) is 18.4 Å². The Morgan fingerprint density at radius 2 is 2.03 bits per heavy atom. The van der Waals surface area contributed by atoms with E-state index in [0.29, 0.717) is 17.9 Å². The van der Waals surface area contributed by atoms with Crippen LogP contribution in [-0.2, 0) is 13.7 Å². The van der Waals surface area contributed by atoms with Gasteiger partial charge in [0.2, 0.25) is 5.43 Å². The molecule has 0 spiro atoms. The molecule has 0 aliphatic carbocycles. The molecule has 29 heavy (non-hydrogen) atoms. The molecule has 0 bridgehead atoms. The number of nitrogens with zero attached hydrogens (tertiary/aromatic N) is 4. The molecule has 8 nitrogen and oxygen atoms in total. The van der Waals surface area contributed by atoms with Gasteiger partial charge in [-0.1, -0.05) is 40.6 Å². The van der Waals surface area contributed by atoms with Crippen molar-refractivity contribution in [3.05, 3.63) is 75.5 Å². The molecule has 1 atom stereocenters. The Morgan fingerprint density at radius 1 is 1.24 bits per heavy atom. The van der Waals surface area contributed by atoms with Crippen LogP contribution in [0.4, 0.5) is 0 Å². The zero-order chi connectivity index (χ0) is 20.4. The number of likely N-dealkylation sites (tertiary alicyclic amines) is 1. The van der Waals surface area contributed by atoms with Crippen molar-refractivity contribution in [2.24, 2.45) is 7.05 Å². The van der Waals surface area contributed by atoms with Gasteiger partial charge in [0.25, 0.3) is 5.91 Å². The number of carbonyl (C=O) groups excluding carboxylic acids is 1. The van der Waals surface area contributed by atoms with Crippen molar-refractivity contribution >= 4 is 5.91 Å². The van der Waals surface area contributed by atoms with Gasteiger partial charge in [-0.2, -0.15) is 0 Å². The number of benzene rings is 1. The maximum Gasteiger partial charge on any atom is 0.275 e. The van der Waals surface area contributed by atoms with Crippen molar-refractivity contribution in [3.63, 3.8) is 0 Å². The predicted octanol–water partition coefficient (Wildman–Crippen LogP) is 2.63. The van der Waals surface area contributed by atoms with E-state index < -0.39 is 0 Å². The van der Waals surface area contributed by atoms with E-state index in [4.69, 9.17) is 9.37 Å².